The molecular formula is C20H23NO4S. The van der Waals surface area contributed by atoms with Gasteiger partial charge in [0.25, 0.3) is 5.91 Å². The van der Waals surface area contributed by atoms with Gasteiger partial charge in [0.05, 0.1) is 12.7 Å². The average molecular weight is 373 g/mol. The van der Waals surface area contributed by atoms with Gasteiger partial charge >= 0.3 is 5.97 Å². The maximum absolute atomic E-state index is 12.6. The normalized spacial score (nSPS) is 14.3. The third-order valence-corrected chi connectivity index (χ3v) is 5.68. The summed E-state index contributed by atoms with van der Waals surface area (Å²) >= 11 is 1.47. The Morgan fingerprint density at radius 2 is 2.00 bits per heavy atom. The highest BCUT2D eigenvalue weighted by molar-refractivity contribution is 7.17. The number of fused-ring (bicyclic) bond motifs is 1. The number of anilines is 1. The van der Waals surface area contributed by atoms with Crippen molar-refractivity contribution in [2.45, 2.75) is 45.6 Å². The van der Waals surface area contributed by atoms with Gasteiger partial charge in [0.15, 0.2) is 6.10 Å². The van der Waals surface area contributed by atoms with E-state index in [1.54, 1.807) is 6.92 Å². The number of methoxy groups -OCH3 is 1. The number of nitrogens with one attached hydrogen (secondary N) is 1. The summed E-state index contributed by atoms with van der Waals surface area (Å²) in [5, 5.41) is 3.43. The zero-order valence-electron chi connectivity index (χ0n) is 15.3. The predicted molar refractivity (Wildman–Crippen MR) is 102 cm³/mol. The predicted octanol–water partition coefficient (Wildman–Crippen LogP) is 4.13. The van der Waals surface area contributed by atoms with Gasteiger partial charge in [-0.2, -0.15) is 0 Å². The zero-order valence-corrected chi connectivity index (χ0v) is 16.1. The highest BCUT2D eigenvalue weighted by Crippen LogP contribution is 2.38. The summed E-state index contributed by atoms with van der Waals surface area (Å²) in [5.74, 6) is -0.0338. The lowest BCUT2D eigenvalue weighted by Gasteiger charge is -2.15. The molecule has 0 spiro atoms. The summed E-state index contributed by atoms with van der Waals surface area (Å²) in [7, 11) is 1.37. The fraction of sp³-hybridized carbons (Fsp3) is 0.400. The molecule has 1 heterocycles. The number of aryl methyl sites for hydroxylation is 2. The minimum atomic E-state index is -0.679. The van der Waals surface area contributed by atoms with Crippen molar-refractivity contribution >= 4 is 28.2 Å². The molecule has 1 aliphatic carbocycles. The van der Waals surface area contributed by atoms with Gasteiger partial charge in [-0.05, 0) is 62.8 Å². The molecule has 1 aromatic carbocycles. The lowest BCUT2D eigenvalue weighted by atomic mass is 9.95. The minimum Gasteiger partial charge on any atom is -0.481 e. The Labute approximate surface area is 157 Å². The first kappa shape index (κ1) is 18.5. The Morgan fingerprint density at radius 3 is 2.73 bits per heavy atom. The number of rotatable bonds is 5. The maximum atomic E-state index is 12.6. The van der Waals surface area contributed by atoms with E-state index in [-0.39, 0.29) is 5.91 Å². The third-order valence-electron chi connectivity index (χ3n) is 4.47. The van der Waals surface area contributed by atoms with Crippen molar-refractivity contribution < 1.29 is 19.1 Å². The third kappa shape index (κ3) is 3.90. The molecule has 0 saturated carbocycles. The second kappa shape index (κ2) is 7.91. The molecule has 1 amide bonds. The van der Waals surface area contributed by atoms with Gasteiger partial charge in [-0.25, -0.2) is 4.79 Å². The van der Waals surface area contributed by atoms with E-state index in [0.717, 1.165) is 36.8 Å². The van der Waals surface area contributed by atoms with E-state index in [9.17, 15) is 9.59 Å². The van der Waals surface area contributed by atoms with Crippen molar-refractivity contribution in [3.8, 4) is 5.75 Å². The summed E-state index contributed by atoms with van der Waals surface area (Å²) < 4.78 is 10.7. The fourth-order valence-electron chi connectivity index (χ4n) is 3.13. The molecule has 0 unspecified atom stereocenters. The summed E-state index contributed by atoms with van der Waals surface area (Å²) in [5.41, 5.74) is 2.59. The molecular weight excluding hydrogens is 350 g/mol. The number of ether oxygens (including phenoxy) is 2. The Bertz CT molecular complexity index is 827. The Kier molecular flexibility index (Phi) is 5.61. The first-order chi connectivity index (χ1) is 12.5. The van der Waals surface area contributed by atoms with Crippen LogP contribution in [0.2, 0.25) is 0 Å². The van der Waals surface area contributed by atoms with Crippen LogP contribution in [-0.4, -0.2) is 25.1 Å². The van der Waals surface area contributed by atoms with Gasteiger partial charge in [-0.3, -0.25) is 4.79 Å². The summed E-state index contributed by atoms with van der Waals surface area (Å²) in [6.07, 6.45) is 3.26. The molecule has 1 atom stereocenters. The van der Waals surface area contributed by atoms with Crippen LogP contribution in [-0.2, 0) is 22.4 Å². The lowest BCUT2D eigenvalue weighted by molar-refractivity contribution is -0.122. The van der Waals surface area contributed by atoms with E-state index in [0.29, 0.717) is 16.3 Å². The van der Waals surface area contributed by atoms with Crippen molar-refractivity contribution in [2.75, 3.05) is 12.4 Å². The molecule has 138 valence electrons. The molecule has 0 saturated heterocycles. The zero-order chi connectivity index (χ0) is 18.7. The summed E-state index contributed by atoms with van der Waals surface area (Å²) in [6.45, 7) is 3.67. The number of carbonyl (C=O) groups is 2. The van der Waals surface area contributed by atoms with E-state index in [1.165, 1.54) is 23.3 Å². The Balaban J connectivity index is 1.78. The molecule has 0 bridgehead atoms. The fourth-order valence-corrected chi connectivity index (χ4v) is 4.41. The first-order valence-corrected chi connectivity index (χ1v) is 9.58. The van der Waals surface area contributed by atoms with Crippen molar-refractivity contribution in [2.24, 2.45) is 0 Å². The smallest absolute Gasteiger partial charge is 0.341 e. The molecule has 0 aliphatic heterocycles. The molecule has 0 radical (unpaired) electrons. The van der Waals surface area contributed by atoms with Gasteiger partial charge in [0.1, 0.15) is 10.8 Å². The number of esters is 1. The van der Waals surface area contributed by atoms with Crippen LogP contribution in [0.4, 0.5) is 5.00 Å². The van der Waals surface area contributed by atoms with Crippen LogP contribution < -0.4 is 10.1 Å². The van der Waals surface area contributed by atoms with Gasteiger partial charge in [-0.1, -0.05) is 12.1 Å². The second-order valence-electron chi connectivity index (χ2n) is 6.47. The molecule has 2 aromatic rings. The molecule has 1 N–H and O–H groups in total. The quantitative estimate of drug-likeness (QED) is 0.801. The van der Waals surface area contributed by atoms with Gasteiger partial charge < -0.3 is 14.8 Å². The van der Waals surface area contributed by atoms with Crippen molar-refractivity contribution in [1.82, 2.24) is 0 Å². The molecule has 5 nitrogen and oxygen atoms in total. The van der Waals surface area contributed by atoms with Crippen LogP contribution in [0.15, 0.2) is 24.3 Å². The summed E-state index contributed by atoms with van der Waals surface area (Å²) in [4.78, 5) is 26.0. The van der Waals surface area contributed by atoms with Crippen molar-refractivity contribution in [3.05, 3.63) is 45.8 Å². The van der Waals surface area contributed by atoms with Crippen LogP contribution >= 0.6 is 11.3 Å². The average Bonchev–Trinajstić information content (AvgIpc) is 2.98. The van der Waals surface area contributed by atoms with Crippen LogP contribution in [0, 0.1) is 6.92 Å². The number of amides is 1. The van der Waals surface area contributed by atoms with Gasteiger partial charge in [-0.15, -0.1) is 11.3 Å². The van der Waals surface area contributed by atoms with E-state index < -0.39 is 12.1 Å². The van der Waals surface area contributed by atoms with E-state index in [1.807, 2.05) is 31.2 Å². The van der Waals surface area contributed by atoms with E-state index in [2.05, 4.69) is 5.32 Å². The van der Waals surface area contributed by atoms with Crippen LogP contribution in [0.5, 0.6) is 5.75 Å². The van der Waals surface area contributed by atoms with Crippen LogP contribution in [0.1, 0.15) is 46.1 Å². The minimum absolute atomic E-state index is 0.282. The van der Waals surface area contributed by atoms with Crippen molar-refractivity contribution in [1.29, 1.82) is 0 Å². The molecule has 0 fully saturated rings. The largest absolute Gasteiger partial charge is 0.481 e. The Morgan fingerprint density at radius 1 is 1.23 bits per heavy atom. The van der Waals surface area contributed by atoms with Crippen molar-refractivity contribution in [3.63, 3.8) is 0 Å². The topological polar surface area (TPSA) is 64.6 Å². The van der Waals surface area contributed by atoms with Gasteiger partial charge in [0.2, 0.25) is 0 Å². The van der Waals surface area contributed by atoms with Crippen LogP contribution in [0.25, 0.3) is 0 Å². The number of thiophene rings is 1. The highest BCUT2D eigenvalue weighted by Gasteiger charge is 2.28. The van der Waals surface area contributed by atoms with Crippen LogP contribution in [0.3, 0.4) is 0 Å². The molecule has 6 heteroatoms. The van der Waals surface area contributed by atoms with E-state index in [4.69, 9.17) is 9.47 Å². The lowest BCUT2D eigenvalue weighted by Crippen LogP contribution is -2.30. The standard InChI is InChI=1S/C20H23NO4S/c1-12-7-6-8-14(11-12)25-13(2)18(22)21-19-17(20(23)24-3)15-9-4-5-10-16(15)26-19/h6-8,11,13H,4-5,9-10H2,1-3H3,(H,21,22)/t13-/m0/s1. The maximum Gasteiger partial charge on any atom is 0.341 e. The number of hydrogen-bond donors (Lipinski definition) is 1. The van der Waals surface area contributed by atoms with Gasteiger partial charge in [0, 0.05) is 4.88 Å². The highest BCUT2D eigenvalue weighted by atomic mass is 32.1. The SMILES string of the molecule is COC(=O)c1c(NC(=O)[C@H](C)Oc2cccc(C)c2)sc2c1CCCC2. The number of benzene rings is 1. The molecule has 26 heavy (non-hydrogen) atoms. The second-order valence-corrected chi connectivity index (χ2v) is 7.58. The molecule has 1 aliphatic rings. The first-order valence-electron chi connectivity index (χ1n) is 8.76. The molecule has 1 aromatic heterocycles. The number of carbonyl (C=O) groups excluding carboxylic acids is 2. The monoisotopic (exact) mass is 373 g/mol. The molecule has 3 rings (SSSR count). The number of hydrogen-bond acceptors (Lipinski definition) is 5. The Hall–Kier alpha value is -2.34. The summed E-state index contributed by atoms with van der Waals surface area (Å²) in [6, 6.07) is 7.56. The van der Waals surface area contributed by atoms with E-state index >= 15 is 0 Å².